The number of hydrogen-bond acceptors (Lipinski definition) is 4. The lowest BCUT2D eigenvalue weighted by atomic mass is 9.79. The lowest BCUT2D eigenvalue weighted by Crippen LogP contribution is -2.40. The molecule has 1 atom stereocenters. The first-order chi connectivity index (χ1) is 12.6. The monoisotopic (exact) mass is 351 g/mol. The van der Waals surface area contributed by atoms with Crippen molar-refractivity contribution in [2.75, 3.05) is 4.90 Å². The van der Waals surface area contributed by atoms with Crippen molar-refractivity contribution in [1.29, 1.82) is 0 Å². The molecule has 2 aromatic rings. The summed E-state index contributed by atoms with van der Waals surface area (Å²) in [6.45, 7) is 0. The zero-order chi connectivity index (χ0) is 18.3. The van der Waals surface area contributed by atoms with E-state index in [2.05, 4.69) is 0 Å². The van der Waals surface area contributed by atoms with Crippen LogP contribution >= 0.6 is 0 Å². The van der Waals surface area contributed by atoms with Crippen LogP contribution in [0.15, 0.2) is 58.3 Å². The van der Waals surface area contributed by atoms with E-state index in [1.165, 1.54) is 12.1 Å². The molecule has 0 saturated heterocycles. The molecule has 0 bridgehead atoms. The quantitative estimate of drug-likeness (QED) is 0.914. The minimum atomic E-state index is -1.02. The number of hydrogen-bond donors (Lipinski definition) is 1. The number of carbonyl (C=O) groups excluding carboxylic acids is 2. The van der Waals surface area contributed by atoms with Crippen LogP contribution in [0.4, 0.5) is 5.69 Å². The molecule has 132 valence electrons. The van der Waals surface area contributed by atoms with Gasteiger partial charge in [-0.2, -0.15) is 0 Å². The van der Waals surface area contributed by atoms with Crippen LogP contribution in [0.25, 0.3) is 0 Å². The molecule has 1 amide bonds. The van der Waals surface area contributed by atoms with Crippen LogP contribution in [-0.4, -0.2) is 22.8 Å². The summed E-state index contributed by atoms with van der Waals surface area (Å²) in [6, 6.07) is 9.70. The van der Waals surface area contributed by atoms with Crippen LogP contribution in [0.3, 0.4) is 0 Å². The van der Waals surface area contributed by atoms with Crippen molar-refractivity contribution in [1.82, 2.24) is 0 Å². The van der Waals surface area contributed by atoms with Gasteiger partial charge in [-0.05, 0) is 49.2 Å². The van der Waals surface area contributed by atoms with Gasteiger partial charge in [-0.1, -0.05) is 0 Å². The highest BCUT2D eigenvalue weighted by atomic mass is 16.4. The predicted molar refractivity (Wildman–Crippen MR) is 92.8 cm³/mol. The molecule has 0 saturated carbocycles. The number of carbonyl (C=O) groups is 3. The Morgan fingerprint density at radius 1 is 1.12 bits per heavy atom. The fourth-order valence-corrected chi connectivity index (χ4v) is 3.78. The summed E-state index contributed by atoms with van der Waals surface area (Å²) < 4.78 is 5.48. The maximum absolute atomic E-state index is 12.9. The Bertz CT molecular complexity index is 908. The van der Waals surface area contributed by atoms with E-state index in [9.17, 15) is 14.4 Å². The number of carboxylic acid groups (broad SMARTS) is 1. The Morgan fingerprint density at radius 2 is 1.88 bits per heavy atom. The number of furan rings is 1. The molecule has 26 heavy (non-hydrogen) atoms. The van der Waals surface area contributed by atoms with Crippen molar-refractivity contribution < 1.29 is 23.9 Å². The van der Waals surface area contributed by atoms with Gasteiger partial charge < -0.3 is 9.52 Å². The molecule has 4 rings (SSSR count). The fraction of sp³-hybridized carbons (Fsp3) is 0.250. The Balaban J connectivity index is 1.81. The van der Waals surface area contributed by atoms with E-state index in [4.69, 9.17) is 9.52 Å². The van der Waals surface area contributed by atoms with E-state index < -0.39 is 5.97 Å². The molecule has 1 unspecified atom stereocenters. The topological polar surface area (TPSA) is 87.8 Å². The van der Waals surface area contributed by atoms with Crippen LogP contribution in [-0.2, 0) is 9.59 Å². The average Bonchev–Trinajstić information content (AvgIpc) is 3.16. The van der Waals surface area contributed by atoms with Crippen molar-refractivity contribution >= 4 is 23.3 Å². The van der Waals surface area contributed by atoms with Gasteiger partial charge >= 0.3 is 5.97 Å². The van der Waals surface area contributed by atoms with Gasteiger partial charge in [0.1, 0.15) is 5.76 Å². The maximum Gasteiger partial charge on any atom is 0.335 e. The van der Waals surface area contributed by atoms with Gasteiger partial charge in [-0.3, -0.25) is 14.5 Å². The fourth-order valence-electron chi connectivity index (χ4n) is 3.78. The number of anilines is 1. The van der Waals surface area contributed by atoms with Gasteiger partial charge in [-0.25, -0.2) is 4.79 Å². The highest BCUT2D eigenvalue weighted by Gasteiger charge is 2.40. The summed E-state index contributed by atoms with van der Waals surface area (Å²) >= 11 is 0. The number of aromatic carboxylic acids is 1. The normalized spacial score (nSPS) is 20.3. The smallest absolute Gasteiger partial charge is 0.335 e. The first-order valence-corrected chi connectivity index (χ1v) is 8.52. The molecule has 2 heterocycles. The highest BCUT2D eigenvalue weighted by Crippen LogP contribution is 2.43. The van der Waals surface area contributed by atoms with Crippen molar-refractivity contribution in [3.63, 3.8) is 0 Å². The lowest BCUT2D eigenvalue weighted by molar-refractivity contribution is -0.120. The van der Waals surface area contributed by atoms with Crippen LogP contribution < -0.4 is 4.90 Å². The second-order valence-corrected chi connectivity index (χ2v) is 6.49. The van der Waals surface area contributed by atoms with Crippen molar-refractivity contribution in [2.24, 2.45) is 0 Å². The van der Waals surface area contributed by atoms with Gasteiger partial charge in [0.15, 0.2) is 5.78 Å². The van der Waals surface area contributed by atoms with Crippen molar-refractivity contribution in [3.8, 4) is 0 Å². The Kier molecular flexibility index (Phi) is 3.95. The van der Waals surface area contributed by atoms with Crippen LogP contribution in [0.5, 0.6) is 0 Å². The third-order valence-corrected chi connectivity index (χ3v) is 4.93. The van der Waals surface area contributed by atoms with Gasteiger partial charge in [-0.15, -0.1) is 0 Å². The Labute approximate surface area is 149 Å². The molecule has 6 heteroatoms. The second-order valence-electron chi connectivity index (χ2n) is 6.49. The van der Waals surface area contributed by atoms with E-state index >= 15 is 0 Å². The van der Waals surface area contributed by atoms with Crippen LogP contribution in [0.2, 0.25) is 0 Å². The number of allylic oxidation sites excluding steroid dienone is 2. The van der Waals surface area contributed by atoms with Crippen LogP contribution in [0, 0.1) is 0 Å². The van der Waals surface area contributed by atoms with E-state index in [1.807, 2.05) is 0 Å². The molecule has 6 nitrogen and oxygen atoms in total. The summed E-state index contributed by atoms with van der Waals surface area (Å²) in [7, 11) is 0. The minimum absolute atomic E-state index is 0.0484. The maximum atomic E-state index is 12.9. The number of carboxylic acids is 1. The highest BCUT2D eigenvalue weighted by molar-refractivity contribution is 6.07. The predicted octanol–water partition coefficient (Wildman–Crippen LogP) is 3.51. The van der Waals surface area contributed by atoms with Gasteiger partial charge in [0.25, 0.3) is 0 Å². The number of benzene rings is 1. The summed E-state index contributed by atoms with van der Waals surface area (Å²) in [5.74, 6) is -0.820. The summed E-state index contributed by atoms with van der Waals surface area (Å²) in [5, 5.41) is 9.06. The summed E-state index contributed by atoms with van der Waals surface area (Å²) in [6.07, 6.45) is 3.49. The first-order valence-electron chi connectivity index (χ1n) is 8.52. The molecule has 0 spiro atoms. The molecule has 0 fully saturated rings. The Hall–Kier alpha value is -3.15. The van der Waals surface area contributed by atoms with Gasteiger partial charge in [0.05, 0.1) is 17.7 Å². The van der Waals surface area contributed by atoms with E-state index in [0.717, 1.165) is 0 Å². The van der Waals surface area contributed by atoms with E-state index in [0.29, 0.717) is 42.0 Å². The van der Waals surface area contributed by atoms with Gasteiger partial charge in [0.2, 0.25) is 5.91 Å². The molecule has 1 aromatic carbocycles. The van der Waals surface area contributed by atoms with E-state index in [-0.39, 0.29) is 29.6 Å². The van der Waals surface area contributed by atoms with E-state index in [1.54, 1.807) is 35.4 Å². The largest absolute Gasteiger partial charge is 0.478 e. The number of amides is 1. The standard InChI is InChI=1S/C20H17NO5/c22-16-4-1-3-15-19(16)14(17-5-2-10-26-17)11-18(23)21(15)13-8-6-12(7-9-13)20(24)25/h2,5-10,14H,1,3-4,11H2,(H,24,25). The Morgan fingerprint density at radius 3 is 2.54 bits per heavy atom. The molecule has 1 aliphatic carbocycles. The number of ketones is 1. The number of rotatable bonds is 3. The lowest BCUT2D eigenvalue weighted by Gasteiger charge is -2.37. The molecule has 1 aromatic heterocycles. The van der Waals surface area contributed by atoms with Gasteiger partial charge in [0, 0.05) is 29.8 Å². The minimum Gasteiger partial charge on any atom is -0.478 e. The third-order valence-electron chi connectivity index (χ3n) is 4.93. The third kappa shape index (κ3) is 2.63. The molecular formula is C20H17NO5. The zero-order valence-corrected chi connectivity index (χ0v) is 14.0. The number of Topliss-reactive ketones (excluding diaryl/α,β-unsaturated/α-hetero) is 1. The molecule has 1 N–H and O–H groups in total. The van der Waals surface area contributed by atoms with Crippen LogP contribution in [0.1, 0.15) is 47.7 Å². The van der Waals surface area contributed by atoms with Crippen molar-refractivity contribution in [3.05, 3.63) is 65.3 Å². The zero-order valence-electron chi connectivity index (χ0n) is 14.0. The average molecular weight is 351 g/mol. The summed E-state index contributed by atoms with van der Waals surface area (Å²) in [5.41, 5.74) is 2.09. The second kappa shape index (κ2) is 6.29. The molecule has 0 radical (unpaired) electrons. The first kappa shape index (κ1) is 16.3. The molecule has 2 aliphatic rings. The summed E-state index contributed by atoms with van der Waals surface area (Å²) in [4.78, 5) is 38.2. The van der Waals surface area contributed by atoms with Crippen molar-refractivity contribution in [2.45, 2.75) is 31.6 Å². The molecule has 1 aliphatic heterocycles. The molecular weight excluding hydrogens is 334 g/mol. The number of nitrogens with zero attached hydrogens (tertiary/aromatic N) is 1. The SMILES string of the molecule is O=C1CCCC2=C1C(c1ccco1)CC(=O)N2c1ccc(C(=O)O)cc1.